The first-order valence-electron chi connectivity index (χ1n) is 6.92. The maximum Gasteiger partial charge on any atom is 0.305 e. The predicted molar refractivity (Wildman–Crippen MR) is 85.0 cm³/mol. The van der Waals surface area contributed by atoms with Gasteiger partial charge >= 0.3 is 5.97 Å². The number of nitrogens with two attached hydrogens (primary N) is 1. The molecule has 1 amide bonds. The van der Waals surface area contributed by atoms with E-state index in [2.05, 4.69) is 10.1 Å². The van der Waals surface area contributed by atoms with Gasteiger partial charge < -0.3 is 15.8 Å². The Labute approximate surface area is 129 Å². The monoisotopic (exact) mass is 298 g/mol. The summed E-state index contributed by atoms with van der Waals surface area (Å²) in [4.78, 5) is 22.6. The lowest BCUT2D eigenvalue weighted by molar-refractivity contribution is -0.140. The number of carbonyl (C=O) groups is 2. The Kier molecular flexibility index (Phi) is 5.14. The molecule has 2 aromatic rings. The molecule has 0 spiro atoms. The highest BCUT2D eigenvalue weighted by Crippen LogP contribution is 2.21. The number of benzene rings is 2. The van der Waals surface area contributed by atoms with Crippen molar-refractivity contribution in [3.63, 3.8) is 0 Å². The van der Waals surface area contributed by atoms with Crippen molar-refractivity contribution in [1.82, 2.24) is 0 Å². The average Bonchev–Trinajstić information content (AvgIpc) is 2.53. The van der Waals surface area contributed by atoms with Crippen molar-refractivity contribution >= 4 is 23.3 Å². The minimum absolute atomic E-state index is 0.238. The first-order chi connectivity index (χ1) is 10.6. The molecule has 0 radical (unpaired) electrons. The molecular formula is C17H18N2O3. The van der Waals surface area contributed by atoms with Crippen molar-refractivity contribution in [2.45, 2.75) is 12.8 Å². The summed E-state index contributed by atoms with van der Waals surface area (Å²) in [7, 11) is 1.38. The number of carbonyl (C=O) groups excluding carboxylic acids is 2. The third-order valence-corrected chi connectivity index (χ3v) is 3.24. The quantitative estimate of drug-likeness (QED) is 0.803. The average molecular weight is 298 g/mol. The molecular weight excluding hydrogens is 280 g/mol. The van der Waals surface area contributed by atoms with Gasteiger partial charge in [-0.25, -0.2) is 0 Å². The van der Waals surface area contributed by atoms with Gasteiger partial charge in [-0.1, -0.05) is 24.3 Å². The fourth-order valence-corrected chi connectivity index (χ4v) is 2.12. The summed E-state index contributed by atoms with van der Waals surface area (Å²) in [6.45, 7) is 0. The summed E-state index contributed by atoms with van der Waals surface area (Å²) in [5.41, 5.74) is 8.29. The van der Waals surface area contributed by atoms with Gasteiger partial charge in [-0.2, -0.15) is 0 Å². The molecule has 2 rings (SSSR count). The molecule has 0 aromatic heterocycles. The van der Waals surface area contributed by atoms with Gasteiger partial charge in [0.25, 0.3) is 5.91 Å². The Balaban J connectivity index is 2.14. The fourth-order valence-electron chi connectivity index (χ4n) is 2.12. The number of primary amides is 1. The largest absolute Gasteiger partial charge is 0.469 e. The zero-order chi connectivity index (χ0) is 15.9. The second-order valence-electron chi connectivity index (χ2n) is 4.81. The number of esters is 1. The number of hydrogen-bond acceptors (Lipinski definition) is 4. The van der Waals surface area contributed by atoms with Crippen LogP contribution in [0.15, 0.2) is 48.5 Å². The molecule has 0 bridgehead atoms. The summed E-state index contributed by atoms with van der Waals surface area (Å²) in [6, 6.07) is 14.7. The van der Waals surface area contributed by atoms with Crippen molar-refractivity contribution in [2.75, 3.05) is 12.4 Å². The third kappa shape index (κ3) is 4.09. The number of methoxy groups -OCH3 is 1. The minimum Gasteiger partial charge on any atom is -0.469 e. The summed E-state index contributed by atoms with van der Waals surface area (Å²) in [5, 5.41) is 3.18. The molecule has 0 aliphatic rings. The van der Waals surface area contributed by atoms with Gasteiger partial charge in [0.05, 0.1) is 18.4 Å². The Morgan fingerprint density at radius 1 is 1.14 bits per heavy atom. The first-order valence-corrected chi connectivity index (χ1v) is 6.92. The van der Waals surface area contributed by atoms with E-state index in [9.17, 15) is 9.59 Å². The van der Waals surface area contributed by atoms with E-state index in [-0.39, 0.29) is 5.97 Å². The van der Waals surface area contributed by atoms with E-state index in [0.29, 0.717) is 24.1 Å². The van der Waals surface area contributed by atoms with Gasteiger partial charge in [-0.3, -0.25) is 9.59 Å². The normalized spacial score (nSPS) is 10.0. The van der Waals surface area contributed by atoms with Gasteiger partial charge in [-0.05, 0) is 36.2 Å². The number of aryl methyl sites for hydroxylation is 1. The molecule has 0 fully saturated rings. The number of ether oxygens (including phenoxy) is 1. The molecule has 3 N–H and O–H groups in total. The van der Waals surface area contributed by atoms with Crippen LogP contribution in [0.25, 0.3) is 0 Å². The number of rotatable bonds is 6. The molecule has 114 valence electrons. The second kappa shape index (κ2) is 7.26. The van der Waals surface area contributed by atoms with E-state index < -0.39 is 5.91 Å². The lowest BCUT2D eigenvalue weighted by Gasteiger charge is -2.11. The highest BCUT2D eigenvalue weighted by atomic mass is 16.5. The van der Waals surface area contributed by atoms with Crippen LogP contribution >= 0.6 is 0 Å². The highest BCUT2D eigenvalue weighted by molar-refractivity contribution is 5.99. The SMILES string of the molecule is COC(=O)CCc1cccc(Nc2ccccc2C(N)=O)c1. The van der Waals surface area contributed by atoms with E-state index in [0.717, 1.165) is 11.3 Å². The van der Waals surface area contributed by atoms with Crippen LogP contribution in [0.5, 0.6) is 0 Å². The molecule has 0 saturated carbocycles. The topological polar surface area (TPSA) is 81.4 Å². The van der Waals surface area contributed by atoms with Crippen LogP contribution in [-0.4, -0.2) is 19.0 Å². The standard InChI is InChI=1S/C17H18N2O3/c1-22-16(20)10-9-12-5-4-6-13(11-12)19-15-8-3-2-7-14(15)17(18)21/h2-8,11,19H,9-10H2,1H3,(H2,18,21). The van der Waals surface area contributed by atoms with Crippen molar-refractivity contribution in [3.05, 3.63) is 59.7 Å². The van der Waals surface area contributed by atoms with Gasteiger partial charge in [0.15, 0.2) is 0 Å². The number of anilines is 2. The number of amides is 1. The van der Waals surface area contributed by atoms with Gasteiger partial charge in [-0.15, -0.1) is 0 Å². The van der Waals surface area contributed by atoms with E-state index in [1.165, 1.54) is 7.11 Å². The van der Waals surface area contributed by atoms with E-state index in [1.807, 2.05) is 30.3 Å². The Hall–Kier alpha value is -2.82. The summed E-state index contributed by atoms with van der Waals surface area (Å²) < 4.78 is 4.63. The van der Waals surface area contributed by atoms with Crippen molar-refractivity contribution < 1.29 is 14.3 Å². The molecule has 0 unspecified atom stereocenters. The fraction of sp³-hybridized carbons (Fsp3) is 0.176. The summed E-state index contributed by atoms with van der Waals surface area (Å²) >= 11 is 0. The smallest absolute Gasteiger partial charge is 0.305 e. The number of hydrogen-bond donors (Lipinski definition) is 2. The van der Waals surface area contributed by atoms with Crippen LogP contribution in [0, 0.1) is 0 Å². The van der Waals surface area contributed by atoms with Crippen LogP contribution in [-0.2, 0) is 16.0 Å². The van der Waals surface area contributed by atoms with Crippen LogP contribution in [0.3, 0.4) is 0 Å². The molecule has 0 atom stereocenters. The van der Waals surface area contributed by atoms with Gasteiger partial charge in [0.1, 0.15) is 0 Å². The minimum atomic E-state index is -0.482. The van der Waals surface area contributed by atoms with E-state index in [1.54, 1.807) is 18.2 Å². The zero-order valence-electron chi connectivity index (χ0n) is 12.3. The molecule has 22 heavy (non-hydrogen) atoms. The molecule has 0 aliphatic carbocycles. The molecule has 0 aliphatic heterocycles. The van der Waals surface area contributed by atoms with E-state index in [4.69, 9.17) is 5.73 Å². The van der Waals surface area contributed by atoms with Gasteiger partial charge in [0.2, 0.25) is 0 Å². The van der Waals surface area contributed by atoms with Crippen LogP contribution in [0.4, 0.5) is 11.4 Å². The molecule has 5 heteroatoms. The van der Waals surface area contributed by atoms with Crippen LogP contribution in [0.1, 0.15) is 22.3 Å². The Morgan fingerprint density at radius 2 is 1.91 bits per heavy atom. The first kappa shape index (κ1) is 15.6. The van der Waals surface area contributed by atoms with Crippen molar-refractivity contribution in [2.24, 2.45) is 5.73 Å². The predicted octanol–water partition coefficient (Wildman–Crippen LogP) is 2.63. The lowest BCUT2D eigenvalue weighted by Crippen LogP contribution is -2.13. The number of para-hydroxylation sites is 1. The maximum atomic E-state index is 11.4. The van der Waals surface area contributed by atoms with Gasteiger partial charge in [0, 0.05) is 12.1 Å². The second-order valence-corrected chi connectivity index (χ2v) is 4.81. The Morgan fingerprint density at radius 3 is 2.64 bits per heavy atom. The molecule has 5 nitrogen and oxygen atoms in total. The molecule has 0 saturated heterocycles. The summed E-state index contributed by atoms with van der Waals surface area (Å²) in [5.74, 6) is -0.720. The Bertz CT molecular complexity index is 683. The zero-order valence-corrected chi connectivity index (χ0v) is 12.3. The summed E-state index contributed by atoms with van der Waals surface area (Å²) in [6.07, 6.45) is 0.928. The molecule has 0 heterocycles. The van der Waals surface area contributed by atoms with Crippen molar-refractivity contribution in [3.8, 4) is 0 Å². The van der Waals surface area contributed by atoms with Crippen molar-refractivity contribution in [1.29, 1.82) is 0 Å². The van der Waals surface area contributed by atoms with Crippen LogP contribution in [0.2, 0.25) is 0 Å². The third-order valence-electron chi connectivity index (χ3n) is 3.24. The highest BCUT2D eigenvalue weighted by Gasteiger charge is 2.08. The van der Waals surface area contributed by atoms with E-state index >= 15 is 0 Å². The molecule has 2 aromatic carbocycles. The lowest BCUT2D eigenvalue weighted by atomic mass is 10.1. The maximum absolute atomic E-state index is 11.4. The van der Waals surface area contributed by atoms with Crippen LogP contribution < -0.4 is 11.1 Å². The number of nitrogens with one attached hydrogen (secondary N) is 1.